The summed E-state index contributed by atoms with van der Waals surface area (Å²) >= 11 is 8.38. The molecule has 3 aromatic carbocycles. The minimum absolute atomic E-state index is 0.273. The predicted molar refractivity (Wildman–Crippen MR) is 185 cm³/mol. The second-order valence-electron chi connectivity index (χ2n) is 13.4. The van der Waals surface area contributed by atoms with Crippen molar-refractivity contribution in [1.82, 2.24) is 19.8 Å². The third-order valence-corrected chi connectivity index (χ3v) is 10.3. The van der Waals surface area contributed by atoms with Gasteiger partial charge in [-0.1, -0.05) is 41.9 Å². The number of carbonyl (C=O) groups excluding carboxylic acids is 1. The van der Waals surface area contributed by atoms with Crippen molar-refractivity contribution in [3.63, 3.8) is 0 Å². The number of oxazole rings is 1. The highest BCUT2D eigenvalue weighted by atomic mass is 35.5. The van der Waals surface area contributed by atoms with E-state index in [0.29, 0.717) is 29.6 Å². The Morgan fingerprint density at radius 1 is 0.957 bits per heavy atom. The molecule has 1 saturated heterocycles. The van der Waals surface area contributed by atoms with Gasteiger partial charge in [-0.15, -0.1) is 11.3 Å². The van der Waals surface area contributed by atoms with E-state index in [9.17, 15) is 4.79 Å². The zero-order chi connectivity index (χ0) is 32.2. The van der Waals surface area contributed by atoms with Gasteiger partial charge >= 0.3 is 6.09 Å². The topological polar surface area (TPSA) is 71.7 Å². The van der Waals surface area contributed by atoms with Crippen LogP contribution in [0.3, 0.4) is 0 Å². The highest BCUT2D eigenvalue weighted by molar-refractivity contribution is 7.15. The van der Waals surface area contributed by atoms with Gasteiger partial charge in [0.05, 0.1) is 17.3 Å². The summed E-state index contributed by atoms with van der Waals surface area (Å²) in [4.78, 5) is 28.1. The van der Waals surface area contributed by atoms with Crippen molar-refractivity contribution < 1.29 is 13.9 Å². The fraction of sp³-hybridized carbons (Fsp3) is 0.378. The summed E-state index contributed by atoms with van der Waals surface area (Å²) in [5.74, 6) is 0.575. The summed E-state index contributed by atoms with van der Waals surface area (Å²) in [6, 6.07) is 16.8. The van der Waals surface area contributed by atoms with Crippen LogP contribution in [0, 0.1) is 13.8 Å². The largest absolute Gasteiger partial charge is 0.444 e. The molecule has 7 rings (SSSR count). The number of carbonyl (C=O) groups is 1. The summed E-state index contributed by atoms with van der Waals surface area (Å²) in [6.45, 7) is 14.2. The number of nitrogens with zero attached hydrogens (tertiary/aromatic N) is 4. The van der Waals surface area contributed by atoms with Crippen LogP contribution < -0.4 is 0 Å². The summed E-state index contributed by atoms with van der Waals surface area (Å²) in [5.41, 5.74) is 9.69. The number of ether oxygens (including phenoxy) is 1. The molecule has 7 nitrogen and oxygen atoms in total. The molecule has 0 atom stereocenters. The maximum atomic E-state index is 12.7. The number of benzene rings is 3. The molecule has 4 heterocycles. The molecule has 0 radical (unpaired) electrons. The lowest BCUT2D eigenvalue weighted by molar-refractivity contribution is 0.0225. The smallest absolute Gasteiger partial charge is 0.410 e. The van der Waals surface area contributed by atoms with Crippen molar-refractivity contribution in [1.29, 1.82) is 0 Å². The van der Waals surface area contributed by atoms with Gasteiger partial charge in [0.2, 0.25) is 5.89 Å². The number of fused-ring (bicyclic) bond motifs is 2. The van der Waals surface area contributed by atoms with Gasteiger partial charge in [-0.25, -0.2) is 14.8 Å². The lowest BCUT2D eigenvalue weighted by Crippen LogP contribution is -2.39. The molecular formula is C37H39ClN4O3S. The van der Waals surface area contributed by atoms with Crippen molar-refractivity contribution >= 4 is 40.1 Å². The van der Waals surface area contributed by atoms with Gasteiger partial charge in [-0.2, -0.15) is 0 Å². The minimum atomic E-state index is -0.521. The number of amides is 1. The van der Waals surface area contributed by atoms with Gasteiger partial charge in [0.1, 0.15) is 16.1 Å². The Labute approximate surface area is 279 Å². The van der Waals surface area contributed by atoms with Crippen molar-refractivity contribution in [2.75, 3.05) is 19.6 Å². The van der Waals surface area contributed by atoms with Crippen LogP contribution >= 0.6 is 22.9 Å². The van der Waals surface area contributed by atoms with Gasteiger partial charge in [0.15, 0.2) is 5.58 Å². The molecule has 0 N–H and O–H groups in total. The molecular weight excluding hydrogens is 616 g/mol. The van der Waals surface area contributed by atoms with Crippen molar-refractivity contribution in [2.24, 2.45) is 0 Å². The number of thiazole rings is 1. The zero-order valence-electron chi connectivity index (χ0n) is 27.1. The predicted octanol–water partition coefficient (Wildman–Crippen LogP) is 9.44. The van der Waals surface area contributed by atoms with Crippen LogP contribution in [0.25, 0.3) is 44.3 Å². The second kappa shape index (κ2) is 12.1. The van der Waals surface area contributed by atoms with Crippen LogP contribution in [0.1, 0.15) is 60.9 Å². The molecule has 0 saturated carbocycles. The van der Waals surface area contributed by atoms with Crippen molar-refractivity contribution in [3.8, 4) is 33.2 Å². The second-order valence-corrected chi connectivity index (χ2v) is 14.9. The Morgan fingerprint density at radius 2 is 1.63 bits per heavy atom. The van der Waals surface area contributed by atoms with E-state index in [0.717, 1.165) is 80.5 Å². The summed E-state index contributed by atoms with van der Waals surface area (Å²) < 4.78 is 11.9. The van der Waals surface area contributed by atoms with Gasteiger partial charge < -0.3 is 14.1 Å². The first-order valence-corrected chi connectivity index (χ1v) is 17.2. The monoisotopic (exact) mass is 654 g/mol. The highest BCUT2D eigenvalue weighted by Crippen LogP contribution is 2.40. The molecule has 2 aliphatic heterocycles. The maximum absolute atomic E-state index is 12.7. The number of rotatable bonds is 5. The molecule has 2 aromatic heterocycles. The van der Waals surface area contributed by atoms with Crippen LogP contribution in [0.5, 0.6) is 0 Å². The standard InChI is InChI=1S/C37H39ClN4O3S/c1-22-25(10-8-12-27(22)34-39-31-19-24(18-29(38)33(31)44-34)20-41-15-6-7-16-41)26-11-9-13-28(23(26)2)35-40-30-14-17-42(21-32(30)46-35)36(43)45-37(3,4)5/h8-13,18-19H,6-7,14-17,20-21H2,1-5H3. The molecule has 46 heavy (non-hydrogen) atoms. The SMILES string of the molecule is Cc1c(-c2nc3cc(CN4CCCC4)cc(Cl)c3o2)cccc1-c1cccc(-c2nc3c(s2)CN(C(=O)OC(C)(C)C)CC3)c1C. The zero-order valence-corrected chi connectivity index (χ0v) is 28.6. The Bertz CT molecular complexity index is 1950. The highest BCUT2D eigenvalue weighted by Gasteiger charge is 2.28. The van der Waals surface area contributed by atoms with Crippen molar-refractivity contribution in [2.45, 2.75) is 72.6 Å². The Kier molecular flexibility index (Phi) is 8.16. The first-order chi connectivity index (χ1) is 22.0. The first kappa shape index (κ1) is 30.9. The lowest BCUT2D eigenvalue weighted by Gasteiger charge is -2.29. The Balaban J connectivity index is 1.18. The van der Waals surface area contributed by atoms with E-state index in [1.54, 1.807) is 16.2 Å². The molecule has 2 aliphatic rings. The fourth-order valence-corrected chi connectivity index (χ4v) is 8.04. The van der Waals surface area contributed by atoms with Crippen LogP contribution in [-0.2, 0) is 24.2 Å². The van der Waals surface area contributed by atoms with Gasteiger partial charge in [-0.3, -0.25) is 4.90 Å². The normalized spacial score (nSPS) is 15.5. The number of halogens is 1. The molecule has 0 unspecified atom stereocenters. The van der Waals surface area contributed by atoms with Crippen LogP contribution in [0.15, 0.2) is 52.9 Å². The minimum Gasteiger partial charge on any atom is -0.444 e. The van der Waals surface area contributed by atoms with Crippen molar-refractivity contribution in [3.05, 3.63) is 80.8 Å². The quantitative estimate of drug-likeness (QED) is 0.188. The molecule has 5 aromatic rings. The molecule has 0 bridgehead atoms. The first-order valence-electron chi connectivity index (χ1n) is 16.0. The Hall–Kier alpha value is -3.72. The Morgan fingerprint density at radius 3 is 2.35 bits per heavy atom. The van der Waals surface area contributed by atoms with E-state index in [1.807, 2.05) is 26.8 Å². The number of hydrogen-bond donors (Lipinski definition) is 0. The summed E-state index contributed by atoms with van der Waals surface area (Å²) in [7, 11) is 0. The third kappa shape index (κ3) is 6.06. The number of likely N-dealkylation sites (tertiary alicyclic amines) is 1. The van der Waals surface area contributed by atoms with E-state index >= 15 is 0 Å². The van der Waals surface area contributed by atoms with Gasteiger partial charge in [0.25, 0.3) is 0 Å². The number of aromatic nitrogens is 2. The third-order valence-electron chi connectivity index (χ3n) is 8.91. The molecule has 0 aliphatic carbocycles. The van der Waals surface area contributed by atoms with Gasteiger partial charge in [-0.05, 0) is 107 Å². The summed E-state index contributed by atoms with van der Waals surface area (Å²) in [5, 5.41) is 1.57. The molecule has 9 heteroatoms. The van der Waals surface area contributed by atoms with Crippen LogP contribution in [-0.4, -0.2) is 51.1 Å². The van der Waals surface area contributed by atoms with E-state index in [2.05, 4.69) is 61.2 Å². The van der Waals surface area contributed by atoms with Crippen LogP contribution in [0.2, 0.25) is 5.02 Å². The van der Waals surface area contributed by atoms with E-state index in [1.165, 1.54) is 18.4 Å². The average molecular weight is 655 g/mol. The number of hydrogen-bond acceptors (Lipinski definition) is 7. The molecule has 238 valence electrons. The molecule has 1 fully saturated rings. The fourth-order valence-electron chi connectivity index (χ4n) is 6.56. The van der Waals surface area contributed by atoms with Crippen LogP contribution in [0.4, 0.5) is 4.79 Å². The van der Waals surface area contributed by atoms with E-state index < -0.39 is 5.60 Å². The molecule has 0 spiro atoms. The van der Waals surface area contributed by atoms with Gasteiger partial charge in [0, 0.05) is 35.5 Å². The van der Waals surface area contributed by atoms with E-state index in [4.69, 9.17) is 30.7 Å². The maximum Gasteiger partial charge on any atom is 0.410 e. The lowest BCUT2D eigenvalue weighted by atomic mass is 9.91. The summed E-state index contributed by atoms with van der Waals surface area (Å²) in [6.07, 6.45) is 2.95. The average Bonchev–Trinajstić information content (AvgIpc) is 3.76. The van der Waals surface area contributed by atoms with E-state index in [-0.39, 0.29) is 6.09 Å². The molecule has 1 amide bonds.